The minimum atomic E-state index is -0.884. The fourth-order valence-electron chi connectivity index (χ4n) is 2.23. The fraction of sp³-hybridized carbons (Fsp3) is 0.0625. The van der Waals surface area contributed by atoms with Gasteiger partial charge in [-0.25, -0.2) is 4.39 Å². The lowest BCUT2D eigenvalue weighted by atomic mass is 9.97. The zero-order valence-corrected chi connectivity index (χ0v) is 12.0. The van der Waals surface area contributed by atoms with Crippen LogP contribution in [0, 0.1) is 5.82 Å². The molecule has 1 N–H and O–H groups in total. The largest absolute Gasteiger partial charge is 0.384 e. The van der Waals surface area contributed by atoms with Gasteiger partial charge in [0.2, 0.25) is 0 Å². The second-order valence-electron chi connectivity index (χ2n) is 4.49. The number of pyridine rings is 1. The Morgan fingerprint density at radius 1 is 1.10 bits per heavy atom. The predicted molar refractivity (Wildman–Crippen MR) is 79.9 cm³/mol. The van der Waals surface area contributed by atoms with Crippen LogP contribution in [0.15, 0.2) is 59.2 Å². The zero-order chi connectivity index (χ0) is 14.1. The highest BCUT2D eigenvalue weighted by Crippen LogP contribution is 2.29. The lowest BCUT2D eigenvalue weighted by Gasteiger charge is -2.14. The van der Waals surface area contributed by atoms with Crippen LogP contribution in [0.25, 0.3) is 10.9 Å². The molecule has 100 valence electrons. The maximum Gasteiger partial charge on any atom is 0.137 e. The standard InChI is InChI=1S/C16H11BrFNO/c17-13-7-6-10(9-14(13)18)16(20)12-3-1-5-15-11(12)4-2-8-19-15/h1-9,16,20H. The number of nitrogens with zero attached hydrogens (tertiary/aromatic N) is 1. The first-order valence-corrected chi connectivity index (χ1v) is 6.93. The fourth-order valence-corrected chi connectivity index (χ4v) is 2.47. The normalized spacial score (nSPS) is 12.6. The summed E-state index contributed by atoms with van der Waals surface area (Å²) in [7, 11) is 0. The number of aliphatic hydroxyl groups is 1. The quantitative estimate of drug-likeness (QED) is 0.762. The van der Waals surface area contributed by atoms with E-state index in [1.54, 1.807) is 18.3 Å². The third-order valence-corrected chi connectivity index (χ3v) is 3.88. The average Bonchev–Trinajstić information content (AvgIpc) is 2.49. The summed E-state index contributed by atoms with van der Waals surface area (Å²) in [5.41, 5.74) is 2.04. The van der Waals surface area contributed by atoms with Crippen LogP contribution in [0.2, 0.25) is 0 Å². The number of benzene rings is 2. The Hall–Kier alpha value is -1.78. The molecule has 20 heavy (non-hydrogen) atoms. The second-order valence-corrected chi connectivity index (χ2v) is 5.35. The van der Waals surface area contributed by atoms with Gasteiger partial charge >= 0.3 is 0 Å². The summed E-state index contributed by atoms with van der Waals surface area (Å²) in [6, 6.07) is 13.9. The van der Waals surface area contributed by atoms with Gasteiger partial charge in [-0.15, -0.1) is 0 Å². The van der Waals surface area contributed by atoms with Crippen molar-refractivity contribution in [2.75, 3.05) is 0 Å². The highest BCUT2D eigenvalue weighted by atomic mass is 79.9. The summed E-state index contributed by atoms with van der Waals surface area (Å²) in [6.45, 7) is 0. The van der Waals surface area contributed by atoms with Gasteiger partial charge in [0.15, 0.2) is 0 Å². The van der Waals surface area contributed by atoms with E-state index in [0.29, 0.717) is 10.0 Å². The highest BCUT2D eigenvalue weighted by molar-refractivity contribution is 9.10. The molecular weight excluding hydrogens is 321 g/mol. The summed E-state index contributed by atoms with van der Waals surface area (Å²) < 4.78 is 14.0. The van der Waals surface area contributed by atoms with Crippen LogP contribution in [0.1, 0.15) is 17.2 Å². The van der Waals surface area contributed by atoms with Crippen LogP contribution in [0.4, 0.5) is 4.39 Å². The summed E-state index contributed by atoms with van der Waals surface area (Å²) in [5.74, 6) is -0.389. The van der Waals surface area contributed by atoms with E-state index in [1.165, 1.54) is 6.07 Å². The minimum Gasteiger partial charge on any atom is -0.384 e. The smallest absolute Gasteiger partial charge is 0.137 e. The van der Waals surface area contributed by atoms with Gasteiger partial charge in [-0.1, -0.05) is 24.3 Å². The Morgan fingerprint density at radius 3 is 2.75 bits per heavy atom. The maximum absolute atomic E-state index is 13.6. The summed E-state index contributed by atoms with van der Waals surface area (Å²) >= 11 is 3.11. The van der Waals surface area contributed by atoms with E-state index in [2.05, 4.69) is 20.9 Å². The Kier molecular flexibility index (Phi) is 3.51. The van der Waals surface area contributed by atoms with Crippen molar-refractivity contribution in [3.05, 3.63) is 76.1 Å². The van der Waals surface area contributed by atoms with Crippen LogP contribution in [-0.4, -0.2) is 10.1 Å². The molecule has 0 saturated carbocycles. The van der Waals surface area contributed by atoms with Gasteiger partial charge in [-0.3, -0.25) is 4.98 Å². The molecule has 3 aromatic rings. The third kappa shape index (κ3) is 2.32. The van der Waals surface area contributed by atoms with E-state index in [-0.39, 0.29) is 5.82 Å². The van der Waals surface area contributed by atoms with Crippen molar-refractivity contribution in [3.8, 4) is 0 Å². The van der Waals surface area contributed by atoms with Crippen molar-refractivity contribution in [2.24, 2.45) is 0 Å². The van der Waals surface area contributed by atoms with E-state index in [1.807, 2.05) is 30.3 Å². The van der Waals surface area contributed by atoms with Gasteiger partial charge in [-0.05, 0) is 51.3 Å². The monoisotopic (exact) mass is 331 g/mol. The molecule has 4 heteroatoms. The number of fused-ring (bicyclic) bond motifs is 1. The Balaban J connectivity index is 2.12. The van der Waals surface area contributed by atoms with E-state index in [0.717, 1.165) is 16.5 Å². The number of hydrogen-bond acceptors (Lipinski definition) is 2. The molecule has 0 aliphatic rings. The molecule has 0 fully saturated rings. The molecule has 0 aliphatic heterocycles. The number of hydrogen-bond donors (Lipinski definition) is 1. The molecule has 1 atom stereocenters. The van der Waals surface area contributed by atoms with Gasteiger partial charge in [0.05, 0.1) is 9.99 Å². The van der Waals surface area contributed by atoms with Gasteiger partial charge in [0.1, 0.15) is 11.9 Å². The van der Waals surface area contributed by atoms with Gasteiger partial charge in [0.25, 0.3) is 0 Å². The van der Waals surface area contributed by atoms with Crippen LogP contribution < -0.4 is 0 Å². The topological polar surface area (TPSA) is 33.1 Å². The van der Waals surface area contributed by atoms with E-state index in [9.17, 15) is 9.50 Å². The molecule has 0 saturated heterocycles. The van der Waals surface area contributed by atoms with Crippen molar-refractivity contribution in [2.45, 2.75) is 6.10 Å². The van der Waals surface area contributed by atoms with Crippen molar-refractivity contribution in [1.29, 1.82) is 0 Å². The van der Waals surface area contributed by atoms with Crippen molar-refractivity contribution >= 4 is 26.8 Å². The maximum atomic E-state index is 13.6. The lowest BCUT2D eigenvalue weighted by molar-refractivity contribution is 0.221. The summed E-state index contributed by atoms with van der Waals surface area (Å²) in [5, 5.41) is 11.4. The molecular formula is C16H11BrFNO. The molecule has 1 aromatic heterocycles. The molecule has 0 aliphatic carbocycles. The Labute approximate surface area is 124 Å². The number of aliphatic hydroxyl groups excluding tert-OH is 1. The van der Waals surface area contributed by atoms with Crippen molar-refractivity contribution in [1.82, 2.24) is 4.98 Å². The van der Waals surface area contributed by atoms with Crippen LogP contribution in [-0.2, 0) is 0 Å². The molecule has 2 nitrogen and oxygen atoms in total. The predicted octanol–water partition coefficient (Wildman–Crippen LogP) is 4.22. The Morgan fingerprint density at radius 2 is 1.95 bits per heavy atom. The first kappa shape index (κ1) is 13.2. The first-order chi connectivity index (χ1) is 9.66. The van der Waals surface area contributed by atoms with E-state index in [4.69, 9.17) is 0 Å². The number of aromatic nitrogens is 1. The minimum absolute atomic E-state index is 0.382. The zero-order valence-electron chi connectivity index (χ0n) is 10.4. The molecule has 3 rings (SSSR count). The van der Waals surface area contributed by atoms with Crippen molar-refractivity contribution in [3.63, 3.8) is 0 Å². The highest BCUT2D eigenvalue weighted by Gasteiger charge is 2.15. The summed E-state index contributed by atoms with van der Waals surface area (Å²) in [4.78, 5) is 4.26. The number of rotatable bonds is 2. The molecule has 0 spiro atoms. The number of halogens is 2. The van der Waals surface area contributed by atoms with E-state index >= 15 is 0 Å². The third-order valence-electron chi connectivity index (χ3n) is 3.23. The molecule has 1 heterocycles. The molecule has 1 unspecified atom stereocenters. The van der Waals surface area contributed by atoms with Crippen LogP contribution in [0.5, 0.6) is 0 Å². The SMILES string of the molecule is OC(c1ccc(Br)c(F)c1)c1cccc2ncccc12. The van der Waals surface area contributed by atoms with Gasteiger partial charge in [-0.2, -0.15) is 0 Å². The molecule has 2 aromatic carbocycles. The molecule has 0 amide bonds. The Bertz CT molecular complexity index is 770. The van der Waals surface area contributed by atoms with Crippen LogP contribution in [0.3, 0.4) is 0 Å². The van der Waals surface area contributed by atoms with Gasteiger partial charge < -0.3 is 5.11 Å². The van der Waals surface area contributed by atoms with Crippen molar-refractivity contribution < 1.29 is 9.50 Å². The van der Waals surface area contributed by atoms with E-state index < -0.39 is 6.10 Å². The molecule has 0 radical (unpaired) electrons. The molecule has 0 bridgehead atoms. The second kappa shape index (κ2) is 5.31. The first-order valence-electron chi connectivity index (χ1n) is 6.13. The summed E-state index contributed by atoms with van der Waals surface area (Å²) in [6.07, 6.45) is 0.822. The average molecular weight is 332 g/mol. The lowest BCUT2D eigenvalue weighted by Crippen LogP contribution is -2.01. The van der Waals surface area contributed by atoms with Crippen LogP contribution >= 0.6 is 15.9 Å². The van der Waals surface area contributed by atoms with Gasteiger partial charge in [0, 0.05) is 11.6 Å².